The number of hydrogen-bond donors (Lipinski definition) is 1. The van der Waals surface area contributed by atoms with Gasteiger partial charge in [-0.3, -0.25) is 0 Å². The smallest absolute Gasteiger partial charge is 0.394 e. The Morgan fingerprint density at radius 3 is 2.46 bits per heavy atom. The van der Waals surface area contributed by atoms with Crippen LogP contribution in [0.15, 0.2) is 42.6 Å². The number of alkyl halides is 3. The lowest BCUT2D eigenvalue weighted by atomic mass is 10.1. The Morgan fingerprint density at radius 1 is 1.00 bits per heavy atom. The molecule has 1 atom stereocenters. The van der Waals surface area contributed by atoms with Crippen molar-refractivity contribution in [3.05, 3.63) is 59.0 Å². The molecule has 2 saturated heterocycles. The molecule has 0 radical (unpaired) electrons. The molecule has 0 unspecified atom stereocenters. The molecular weight excluding hydrogens is 512 g/mol. The molecule has 0 bridgehead atoms. The van der Waals surface area contributed by atoms with Gasteiger partial charge in [0.05, 0.1) is 28.9 Å². The minimum Gasteiger partial charge on any atom is -0.394 e. The van der Waals surface area contributed by atoms with Gasteiger partial charge in [0.25, 0.3) is 0 Å². The Morgan fingerprint density at radius 2 is 1.76 bits per heavy atom. The Balaban J connectivity index is 1.45. The number of aliphatic hydroxyl groups is 1. The van der Waals surface area contributed by atoms with E-state index in [-0.39, 0.29) is 23.5 Å². The highest BCUT2D eigenvalue weighted by Gasteiger charge is 2.36. The summed E-state index contributed by atoms with van der Waals surface area (Å²) in [4.78, 5) is 19.0. The molecule has 12 heteroatoms. The standard InChI is InChI=1S/C25H25ClF4N6O/c26-19-13-16(5-6-20(19)27)21-14-22(33-24(32-21)36-8-2-3-17(36)15-37)34-9-11-35(12-10-34)23-18(25(28,29)30)4-1-7-31-23/h1,4-7,13-14,17,37H,2-3,8-12,15H2/t17-/m1/s1. The second kappa shape index (κ2) is 10.3. The Hall–Kier alpha value is -3.18. The van der Waals surface area contributed by atoms with Crippen LogP contribution >= 0.6 is 11.6 Å². The van der Waals surface area contributed by atoms with Crippen LogP contribution in [0, 0.1) is 5.82 Å². The minimum atomic E-state index is -4.49. The molecule has 1 N–H and O–H groups in total. The first-order valence-corrected chi connectivity index (χ1v) is 12.4. The van der Waals surface area contributed by atoms with E-state index in [9.17, 15) is 22.7 Å². The predicted molar refractivity (Wildman–Crippen MR) is 134 cm³/mol. The summed E-state index contributed by atoms with van der Waals surface area (Å²) in [5.41, 5.74) is 0.391. The van der Waals surface area contributed by atoms with Crippen molar-refractivity contribution in [1.29, 1.82) is 0 Å². The monoisotopic (exact) mass is 536 g/mol. The lowest BCUT2D eigenvalue weighted by Crippen LogP contribution is -2.47. The van der Waals surface area contributed by atoms with Gasteiger partial charge in [-0.15, -0.1) is 0 Å². The summed E-state index contributed by atoms with van der Waals surface area (Å²) in [7, 11) is 0. The van der Waals surface area contributed by atoms with Crippen LogP contribution < -0.4 is 14.7 Å². The molecule has 4 heterocycles. The van der Waals surface area contributed by atoms with Crippen molar-refractivity contribution in [2.75, 3.05) is 54.0 Å². The zero-order valence-corrected chi connectivity index (χ0v) is 20.6. The van der Waals surface area contributed by atoms with Gasteiger partial charge in [-0.2, -0.15) is 18.2 Å². The first-order chi connectivity index (χ1) is 17.7. The van der Waals surface area contributed by atoms with Crippen molar-refractivity contribution in [3.8, 4) is 11.3 Å². The fourth-order valence-corrected chi connectivity index (χ4v) is 5.00. The molecule has 0 saturated carbocycles. The summed E-state index contributed by atoms with van der Waals surface area (Å²) in [6.07, 6.45) is -1.43. The van der Waals surface area contributed by atoms with Crippen molar-refractivity contribution >= 4 is 29.2 Å². The van der Waals surface area contributed by atoms with E-state index in [0.717, 1.165) is 18.9 Å². The van der Waals surface area contributed by atoms with Gasteiger partial charge in [0.2, 0.25) is 5.95 Å². The molecule has 5 rings (SSSR count). The average Bonchev–Trinajstić information content (AvgIpc) is 3.39. The number of hydrogen-bond acceptors (Lipinski definition) is 7. The van der Waals surface area contributed by atoms with Gasteiger partial charge in [-0.05, 0) is 43.2 Å². The molecule has 0 spiro atoms. The van der Waals surface area contributed by atoms with E-state index < -0.39 is 17.6 Å². The highest BCUT2D eigenvalue weighted by Crippen LogP contribution is 2.36. The summed E-state index contributed by atoms with van der Waals surface area (Å²) < 4.78 is 54.3. The topological polar surface area (TPSA) is 68.6 Å². The molecule has 1 aromatic carbocycles. The molecule has 2 fully saturated rings. The van der Waals surface area contributed by atoms with Crippen LogP contribution in [0.1, 0.15) is 18.4 Å². The number of rotatable bonds is 5. The van der Waals surface area contributed by atoms with Crippen LogP contribution in [0.2, 0.25) is 5.02 Å². The Labute approximate surface area is 216 Å². The Kier molecular flexibility index (Phi) is 7.09. The van der Waals surface area contributed by atoms with Crippen LogP contribution in [0.25, 0.3) is 11.3 Å². The molecule has 3 aromatic rings. The number of aromatic nitrogens is 3. The number of aliphatic hydroxyl groups excluding tert-OH is 1. The fourth-order valence-electron chi connectivity index (χ4n) is 4.82. The van der Waals surface area contributed by atoms with Crippen LogP contribution in [0.4, 0.5) is 35.1 Å². The highest BCUT2D eigenvalue weighted by atomic mass is 35.5. The Bertz CT molecular complexity index is 1270. The van der Waals surface area contributed by atoms with Crippen molar-refractivity contribution in [3.63, 3.8) is 0 Å². The van der Waals surface area contributed by atoms with E-state index in [2.05, 4.69) is 4.98 Å². The van der Waals surface area contributed by atoms with Crippen molar-refractivity contribution < 1.29 is 22.7 Å². The fraction of sp³-hybridized carbons (Fsp3) is 0.400. The van der Waals surface area contributed by atoms with Gasteiger partial charge in [0.1, 0.15) is 17.5 Å². The zero-order chi connectivity index (χ0) is 26.2. The third kappa shape index (κ3) is 5.28. The van der Waals surface area contributed by atoms with Crippen molar-refractivity contribution in [2.45, 2.75) is 25.1 Å². The maximum Gasteiger partial charge on any atom is 0.419 e. The largest absolute Gasteiger partial charge is 0.419 e. The van der Waals surface area contributed by atoms with E-state index in [4.69, 9.17) is 21.6 Å². The van der Waals surface area contributed by atoms with E-state index in [0.29, 0.717) is 55.7 Å². The summed E-state index contributed by atoms with van der Waals surface area (Å²) >= 11 is 6.02. The number of pyridine rings is 1. The molecule has 2 aromatic heterocycles. The van der Waals surface area contributed by atoms with Gasteiger partial charge < -0.3 is 19.8 Å². The van der Waals surface area contributed by atoms with Crippen molar-refractivity contribution in [1.82, 2.24) is 15.0 Å². The normalized spacial score (nSPS) is 18.5. The lowest BCUT2D eigenvalue weighted by molar-refractivity contribution is -0.137. The molecular formula is C25H25ClF4N6O. The summed E-state index contributed by atoms with van der Waals surface area (Å²) in [5.74, 6) is 0.419. The van der Waals surface area contributed by atoms with Gasteiger partial charge >= 0.3 is 6.18 Å². The van der Waals surface area contributed by atoms with Crippen LogP contribution in [-0.2, 0) is 6.18 Å². The third-order valence-electron chi connectivity index (χ3n) is 6.76. The van der Waals surface area contributed by atoms with E-state index in [1.807, 2.05) is 9.80 Å². The number of halogens is 5. The second-order valence-corrected chi connectivity index (χ2v) is 9.47. The summed E-state index contributed by atoms with van der Waals surface area (Å²) in [6, 6.07) is 8.34. The quantitative estimate of drug-likeness (QED) is 0.477. The van der Waals surface area contributed by atoms with E-state index in [1.165, 1.54) is 24.4 Å². The highest BCUT2D eigenvalue weighted by molar-refractivity contribution is 6.31. The van der Waals surface area contributed by atoms with Crippen molar-refractivity contribution in [2.24, 2.45) is 0 Å². The van der Waals surface area contributed by atoms with Gasteiger partial charge in [0.15, 0.2) is 0 Å². The van der Waals surface area contributed by atoms with Gasteiger partial charge in [-0.25, -0.2) is 14.4 Å². The SMILES string of the molecule is OC[C@H]1CCCN1c1nc(-c2ccc(F)c(Cl)c2)cc(N2CCN(c3ncccc3C(F)(F)F)CC2)n1. The summed E-state index contributed by atoms with van der Waals surface area (Å²) in [6.45, 7) is 2.12. The molecule has 2 aliphatic heterocycles. The molecule has 7 nitrogen and oxygen atoms in total. The number of benzene rings is 1. The number of anilines is 3. The van der Waals surface area contributed by atoms with E-state index >= 15 is 0 Å². The van der Waals surface area contributed by atoms with Crippen LogP contribution in [0.3, 0.4) is 0 Å². The molecule has 37 heavy (non-hydrogen) atoms. The molecule has 2 aliphatic rings. The number of nitrogens with zero attached hydrogens (tertiary/aromatic N) is 6. The summed E-state index contributed by atoms with van der Waals surface area (Å²) in [5, 5.41) is 9.80. The van der Waals surface area contributed by atoms with Crippen LogP contribution in [-0.4, -0.2) is 65.4 Å². The maximum absolute atomic E-state index is 13.8. The van der Waals surface area contributed by atoms with Gasteiger partial charge in [-0.1, -0.05) is 11.6 Å². The first kappa shape index (κ1) is 25.5. The third-order valence-corrected chi connectivity index (χ3v) is 7.05. The first-order valence-electron chi connectivity index (χ1n) is 12.0. The lowest BCUT2D eigenvalue weighted by Gasteiger charge is -2.37. The maximum atomic E-state index is 13.8. The van der Waals surface area contributed by atoms with E-state index in [1.54, 1.807) is 17.0 Å². The molecule has 196 valence electrons. The molecule has 0 amide bonds. The predicted octanol–water partition coefficient (Wildman–Crippen LogP) is 4.64. The zero-order valence-electron chi connectivity index (χ0n) is 19.8. The molecule has 0 aliphatic carbocycles. The van der Waals surface area contributed by atoms with Gasteiger partial charge in [0, 0.05) is 50.6 Å². The number of piperazine rings is 1. The average molecular weight is 537 g/mol. The second-order valence-electron chi connectivity index (χ2n) is 9.06. The van der Waals surface area contributed by atoms with Crippen LogP contribution in [0.5, 0.6) is 0 Å². The minimum absolute atomic E-state index is 0.0296.